The molecule has 2 aliphatic heterocycles. The molecule has 0 aliphatic carbocycles. The Morgan fingerprint density at radius 1 is 1.17 bits per heavy atom. The number of hydrogen-bond donors (Lipinski definition) is 3. The van der Waals surface area contributed by atoms with E-state index >= 15 is 0 Å². The Labute approximate surface area is 211 Å². The van der Waals surface area contributed by atoms with E-state index in [1.165, 1.54) is 11.1 Å². The molecule has 2 saturated heterocycles. The van der Waals surface area contributed by atoms with E-state index in [-0.39, 0.29) is 24.3 Å². The van der Waals surface area contributed by atoms with Crippen LogP contribution in [0.4, 0.5) is 4.79 Å². The summed E-state index contributed by atoms with van der Waals surface area (Å²) in [6.07, 6.45) is 4.08. The molecule has 0 radical (unpaired) electrons. The number of hydrazine groups is 1. The van der Waals surface area contributed by atoms with Gasteiger partial charge in [0.2, 0.25) is 5.91 Å². The number of carboxylic acid groups (broad SMARTS) is 1. The van der Waals surface area contributed by atoms with Gasteiger partial charge in [0.1, 0.15) is 11.4 Å². The van der Waals surface area contributed by atoms with Crippen molar-refractivity contribution < 1.29 is 24.2 Å². The minimum absolute atomic E-state index is 0.0771. The monoisotopic (exact) mass is 500 g/mol. The summed E-state index contributed by atoms with van der Waals surface area (Å²) in [6.45, 7) is 7.06. The Balaban J connectivity index is 1.79. The highest BCUT2D eigenvalue weighted by molar-refractivity contribution is 6.02. The molecular weight excluding hydrogens is 464 g/mol. The van der Waals surface area contributed by atoms with Crippen LogP contribution in [-0.4, -0.2) is 82.5 Å². The molecule has 0 aromatic heterocycles. The molecule has 1 aromatic rings. The van der Waals surface area contributed by atoms with Crippen molar-refractivity contribution in [2.75, 3.05) is 32.7 Å². The normalized spacial score (nSPS) is 17.6. The lowest BCUT2D eigenvalue weighted by Gasteiger charge is -2.27. The maximum absolute atomic E-state index is 12.4. The van der Waals surface area contributed by atoms with E-state index in [1.54, 1.807) is 29.2 Å². The fraction of sp³-hybridized carbons (Fsp3) is 0.520. The van der Waals surface area contributed by atoms with Crippen LogP contribution < -0.4 is 15.9 Å². The van der Waals surface area contributed by atoms with Crippen molar-refractivity contribution in [3.63, 3.8) is 0 Å². The summed E-state index contributed by atoms with van der Waals surface area (Å²) in [5.74, 6) is -0.551. The molecule has 1 atom stereocenters. The van der Waals surface area contributed by atoms with Crippen LogP contribution >= 0.6 is 0 Å². The van der Waals surface area contributed by atoms with E-state index in [9.17, 15) is 19.5 Å². The zero-order valence-corrected chi connectivity index (χ0v) is 21.0. The Bertz CT molecular complexity index is 983. The van der Waals surface area contributed by atoms with Gasteiger partial charge in [-0.1, -0.05) is 26.0 Å². The van der Waals surface area contributed by atoms with E-state index < -0.39 is 12.0 Å². The highest BCUT2D eigenvalue weighted by atomic mass is 16.6. The van der Waals surface area contributed by atoms with Crippen molar-refractivity contribution in [2.45, 2.75) is 52.0 Å². The lowest BCUT2D eigenvalue weighted by Crippen LogP contribution is -2.47. The highest BCUT2D eigenvalue weighted by Gasteiger charge is 2.29. The second kappa shape index (κ2) is 12.9. The van der Waals surface area contributed by atoms with E-state index in [0.717, 1.165) is 12.8 Å². The van der Waals surface area contributed by atoms with Crippen LogP contribution in [0, 0.1) is 0 Å². The molecule has 2 amide bonds. The number of aliphatic carboxylic acids is 1. The Kier molecular flexibility index (Phi) is 9.69. The van der Waals surface area contributed by atoms with Gasteiger partial charge in [-0.25, -0.2) is 19.6 Å². The number of carbonyl (C=O) groups excluding carboxylic acids is 2. The molecule has 0 saturated carbocycles. The summed E-state index contributed by atoms with van der Waals surface area (Å²) in [5, 5.41) is 11.8. The number of carbonyl (C=O) groups is 3. The number of nitrogens with one attached hydrogen (secondary N) is 1. The van der Waals surface area contributed by atoms with Gasteiger partial charge in [-0.3, -0.25) is 4.79 Å². The van der Waals surface area contributed by atoms with Crippen molar-refractivity contribution in [3.8, 4) is 5.75 Å². The third-order valence-electron chi connectivity index (χ3n) is 6.28. The number of likely N-dealkylation sites (tertiary alicyclic amines) is 2. The minimum Gasteiger partial charge on any atom is -0.480 e. The molecule has 2 fully saturated rings. The van der Waals surface area contributed by atoms with Crippen molar-refractivity contribution in [1.29, 1.82) is 0 Å². The summed E-state index contributed by atoms with van der Waals surface area (Å²) in [5.41, 5.74) is 10.1. The number of aliphatic imine (C=N–C) groups is 1. The number of rotatable bonds is 10. The summed E-state index contributed by atoms with van der Waals surface area (Å²) in [7, 11) is 0. The van der Waals surface area contributed by atoms with Gasteiger partial charge in [-0.15, -0.1) is 0 Å². The Hall–Kier alpha value is -3.60. The number of hydrogen-bond acceptors (Lipinski definition) is 7. The number of ether oxygens (including phenoxy) is 1. The van der Waals surface area contributed by atoms with Crippen molar-refractivity contribution >= 4 is 23.8 Å². The molecule has 3 rings (SSSR count). The maximum atomic E-state index is 12.4. The molecule has 1 aromatic carbocycles. The maximum Gasteiger partial charge on any atom is 0.415 e. The zero-order valence-electron chi connectivity index (χ0n) is 21.0. The van der Waals surface area contributed by atoms with Gasteiger partial charge in [0.25, 0.3) is 0 Å². The molecule has 4 N–H and O–H groups in total. The van der Waals surface area contributed by atoms with E-state index in [1.807, 2.05) is 18.9 Å². The molecule has 36 heavy (non-hydrogen) atoms. The number of amides is 2. The summed E-state index contributed by atoms with van der Waals surface area (Å²) < 4.78 is 5.42. The third-order valence-corrected chi connectivity index (χ3v) is 6.28. The molecule has 11 heteroatoms. The van der Waals surface area contributed by atoms with Gasteiger partial charge in [0, 0.05) is 51.8 Å². The lowest BCUT2D eigenvalue weighted by molar-refractivity contribution is -0.138. The quantitative estimate of drug-likeness (QED) is 0.251. The van der Waals surface area contributed by atoms with Crippen LogP contribution in [0.5, 0.6) is 5.75 Å². The first kappa shape index (κ1) is 27.0. The van der Waals surface area contributed by atoms with Crippen LogP contribution in [0.15, 0.2) is 41.2 Å². The van der Waals surface area contributed by atoms with Crippen LogP contribution in [0.3, 0.4) is 0 Å². The smallest absolute Gasteiger partial charge is 0.415 e. The predicted octanol–water partition coefficient (Wildman–Crippen LogP) is 1.94. The number of carboxylic acids is 1. The van der Waals surface area contributed by atoms with Gasteiger partial charge < -0.3 is 30.8 Å². The summed E-state index contributed by atoms with van der Waals surface area (Å²) in [6, 6.07) is 5.61. The Morgan fingerprint density at radius 3 is 2.36 bits per heavy atom. The number of amidine groups is 1. The second-order valence-electron chi connectivity index (χ2n) is 8.73. The molecule has 2 heterocycles. The van der Waals surface area contributed by atoms with E-state index in [4.69, 9.17) is 10.5 Å². The van der Waals surface area contributed by atoms with Crippen LogP contribution in [0.25, 0.3) is 0 Å². The van der Waals surface area contributed by atoms with Gasteiger partial charge in [0.15, 0.2) is 11.9 Å². The van der Waals surface area contributed by atoms with Gasteiger partial charge in [0.05, 0.1) is 0 Å². The predicted molar refractivity (Wildman–Crippen MR) is 135 cm³/mol. The third kappa shape index (κ3) is 6.97. The van der Waals surface area contributed by atoms with E-state index in [2.05, 4.69) is 10.4 Å². The highest BCUT2D eigenvalue weighted by Crippen LogP contribution is 2.20. The molecule has 196 valence electrons. The first-order chi connectivity index (χ1) is 17.4. The average Bonchev–Trinajstić information content (AvgIpc) is 3.56. The first-order valence-corrected chi connectivity index (χ1v) is 12.5. The van der Waals surface area contributed by atoms with Crippen molar-refractivity contribution in [3.05, 3.63) is 41.7 Å². The standard InChI is InChI=1S/C25H36N6O5/c1-3-30(4-2)28-23(21(17-26)31-15-7-8-22(31)32)27-20(24(33)34)16-18-9-11-19(12-10-18)36-25(35)29-13-5-6-14-29/h9-12,17,20H,3-8,13-16,26H2,1-2H3,(H,27,28)(H,33,34). The van der Waals surface area contributed by atoms with Gasteiger partial charge in [-0.05, 0) is 37.0 Å². The van der Waals surface area contributed by atoms with Gasteiger partial charge >= 0.3 is 12.1 Å². The SMILES string of the molecule is CCN(CC)NC(=NC(Cc1ccc(OC(=O)N2CCCC2)cc1)C(=O)O)C(=CN)N1CCCC1=O. The fourth-order valence-corrected chi connectivity index (χ4v) is 4.21. The largest absolute Gasteiger partial charge is 0.480 e. The van der Waals surface area contributed by atoms with Gasteiger partial charge in [-0.2, -0.15) is 0 Å². The first-order valence-electron chi connectivity index (χ1n) is 12.5. The molecular formula is C25H36N6O5. The zero-order chi connectivity index (χ0) is 26.1. The average molecular weight is 501 g/mol. The van der Waals surface area contributed by atoms with Crippen LogP contribution in [0.1, 0.15) is 45.1 Å². The van der Waals surface area contributed by atoms with Crippen LogP contribution in [0.2, 0.25) is 0 Å². The lowest BCUT2D eigenvalue weighted by atomic mass is 10.1. The molecule has 1 unspecified atom stereocenters. The van der Waals surface area contributed by atoms with Crippen LogP contribution in [-0.2, 0) is 16.0 Å². The summed E-state index contributed by atoms with van der Waals surface area (Å²) >= 11 is 0. The topological polar surface area (TPSA) is 141 Å². The molecule has 0 bridgehead atoms. The number of nitrogens with two attached hydrogens (primary N) is 1. The minimum atomic E-state index is -1.13. The number of benzene rings is 1. The molecule has 0 spiro atoms. The Morgan fingerprint density at radius 2 is 1.83 bits per heavy atom. The number of nitrogens with zero attached hydrogens (tertiary/aromatic N) is 4. The molecule has 2 aliphatic rings. The molecule has 11 nitrogen and oxygen atoms in total. The van der Waals surface area contributed by atoms with E-state index in [0.29, 0.717) is 62.6 Å². The summed E-state index contributed by atoms with van der Waals surface area (Å²) in [4.78, 5) is 44.5. The fourth-order valence-electron chi connectivity index (χ4n) is 4.21. The second-order valence-corrected chi connectivity index (χ2v) is 8.73. The van der Waals surface area contributed by atoms with Crippen molar-refractivity contribution in [1.82, 2.24) is 20.2 Å². The van der Waals surface area contributed by atoms with Crippen molar-refractivity contribution in [2.24, 2.45) is 10.7 Å².